The van der Waals surface area contributed by atoms with Crippen molar-refractivity contribution in [3.8, 4) is 5.75 Å². The molecule has 2 aromatic rings. The first-order valence-corrected chi connectivity index (χ1v) is 6.34. The second-order valence-corrected chi connectivity index (χ2v) is 4.14. The van der Waals surface area contributed by atoms with Crippen LogP contribution in [0.1, 0.15) is 18.2 Å². The first kappa shape index (κ1) is 13.4. The van der Waals surface area contributed by atoms with Crippen molar-refractivity contribution >= 4 is 5.82 Å². The Morgan fingerprint density at radius 1 is 1.21 bits per heavy atom. The number of rotatable bonds is 6. The molecule has 0 unspecified atom stereocenters. The molecule has 1 aromatic carbocycles. The van der Waals surface area contributed by atoms with E-state index in [-0.39, 0.29) is 6.61 Å². The first-order chi connectivity index (χ1) is 9.31. The Hall–Kier alpha value is -2.07. The predicted octanol–water partition coefficient (Wildman–Crippen LogP) is 2.58. The van der Waals surface area contributed by atoms with E-state index in [9.17, 15) is 0 Å². The van der Waals surface area contributed by atoms with Crippen LogP contribution in [0.2, 0.25) is 0 Å². The van der Waals surface area contributed by atoms with Gasteiger partial charge in [0.2, 0.25) is 0 Å². The summed E-state index contributed by atoms with van der Waals surface area (Å²) < 4.78 is 5.67. The standard InChI is InChI=1S/C15H18N2O2/c1-2-16-15-8-4-6-13(17-15)11-19-14-7-3-5-12(9-14)10-18/h3-9,18H,2,10-11H2,1H3,(H,16,17). The van der Waals surface area contributed by atoms with Crippen LogP contribution in [0.5, 0.6) is 5.75 Å². The summed E-state index contributed by atoms with van der Waals surface area (Å²) in [7, 11) is 0. The number of pyridine rings is 1. The summed E-state index contributed by atoms with van der Waals surface area (Å²) in [5, 5.41) is 12.2. The molecular weight excluding hydrogens is 240 g/mol. The molecule has 100 valence electrons. The van der Waals surface area contributed by atoms with Gasteiger partial charge >= 0.3 is 0 Å². The quantitative estimate of drug-likeness (QED) is 0.836. The second kappa shape index (κ2) is 6.75. The van der Waals surface area contributed by atoms with Crippen molar-refractivity contribution in [1.29, 1.82) is 0 Å². The van der Waals surface area contributed by atoms with Crippen LogP contribution in [-0.2, 0) is 13.2 Å². The second-order valence-electron chi connectivity index (χ2n) is 4.14. The fraction of sp³-hybridized carbons (Fsp3) is 0.267. The average Bonchev–Trinajstić information content (AvgIpc) is 2.46. The molecule has 0 fully saturated rings. The van der Waals surface area contributed by atoms with Crippen LogP contribution in [0.4, 0.5) is 5.82 Å². The van der Waals surface area contributed by atoms with Crippen LogP contribution >= 0.6 is 0 Å². The molecule has 4 nitrogen and oxygen atoms in total. The normalized spacial score (nSPS) is 10.2. The zero-order valence-corrected chi connectivity index (χ0v) is 11.0. The maximum Gasteiger partial charge on any atom is 0.130 e. The molecule has 1 aromatic heterocycles. The molecule has 0 aliphatic heterocycles. The molecule has 0 spiro atoms. The van der Waals surface area contributed by atoms with E-state index in [0.717, 1.165) is 29.4 Å². The summed E-state index contributed by atoms with van der Waals surface area (Å²) in [5.41, 5.74) is 1.71. The molecule has 0 saturated heterocycles. The number of anilines is 1. The zero-order valence-electron chi connectivity index (χ0n) is 11.0. The number of nitrogens with one attached hydrogen (secondary N) is 1. The summed E-state index contributed by atoms with van der Waals surface area (Å²) >= 11 is 0. The lowest BCUT2D eigenvalue weighted by Crippen LogP contribution is -2.03. The summed E-state index contributed by atoms with van der Waals surface area (Å²) in [6, 6.07) is 13.2. The monoisotopic (exact) mass is 258 g/mol. The van der Waals surface area contributed by atoms with Crippen molar-refractivity contribution in [1.82, 2.24) is 4.98 Å². The van der Waals surface area contributed by atoms with E-state index in [0.29, 0.717) is 6.61 Å². The molecular formula is C15H18N2O2. The zero-order chi connectivity index (χ0) is 13.5. The highest BCUT2D eigenvalue weighted by molar-refractivity contribution is 5.35. The number of aromatic nitrogens is 1. The van der Waals surface area contributed by atoms with Gasteiger partial charge < -0.3 is 15.2 Å². The van der Waals surface area contributed by atoms with Gasteiger partial charge in [-0.25, -0.2) is 4.98 Å². The highest BCUT2D eigenvalue weighted by Crippen LogP contribution is 2.15. The highest BCUT2D eigenvalue weighted by atomic mass is 16.5. The van der Waals surface area contributed by atoms with Gasteiger partial charge in [0.05, 0.1) is 12.3 Å². The van der Waals surface area contributed by atoms with Gasteiger partial charge in [0.15, 0.2) is 0 Å². The lowest BCUT2D eigenvalue weighted by molar-refractivity contribution is 0.277. The Morgan fingerprint density at radius 3 is 2.84 bits per heavy atom. The van der Waals surface area contributed by atoms with E-state index in [2.05, 4.69) is 10.3 Å². The van der Waals surface area contributed by atoms with E-state index >= 15 is 0 Å². The number of benzene rings is 1. The third-order valence-electron chi connectivity index (χ3n) is 2.63. The first-order valence-electron chi connectivity index (χ1n) is 6.34. The Kier molecular flexibility index (Phi) is 4.75. The lowest BCUT2D eigenvalue weighted by Gasteiger charge is -2.08. The van der Waals surface area contributed by atoms with E-state index in [4.69, 9.17) is 9.84 Å². The summed E-state index contributed by atoms with van der Waals surface area (Å²) in [5.74, 6) is 1.59. The van der Waals surface area contributed by atoms with Crippen molar-refractivity contribution in [3.05, 3.63) is 53.7 Å². The van der Waals surface area contributed by atoms with Crippen molar-refractivity contribution < 1.29 is 9.84 Å². The van der Waals surface area contributed by atoms with E-state index < -0.39 is 0 Å². The molecule has 1 heterocycles. The molecule has 4 heteroatoms. The number of aliphatic hydroxyl groups excluding tert-OH is 1. The van der Waals surface area contributed by atoms with Crippen molar-refractivity contribution in [3.63, 3.8) is 0 Å². The number of hydrogen-bond acceptors (Lipinski definition) is 4. The lowest BCUT2D eigenvalue weighted by atomic mass is 10.2. The molecule has 0 atom stereocenters. The highest BCUT2D eigenvalue weighted by Gasteiger charge is 2.00. The van der Waals surface area contributed by atoms with Crippen LogP contribution in [0, 0.1) is 0 Å². The number of hydrogen-bond donors (Lipinski definition) is 2. The van der Waals surface area contributed by atoms with Crippen molar-refractivity contribution in [2.24, 2.45) is 0 Å². The van der Waals surface area contributed by atoms with Gasteiger partial charge in [-0.1, -0.05) is 18.2 Å². The molecule has 19 heavy (non-hydrogen) atoms. The minimum absolute atomic E-state index is 0.0192. The topological polar surface area (TPSA) is 54.4 Å². The third kappa shape index (κ3) is 3.96. The largest absolute Gasteiger partial charge is 0.487 e. The van der Waals surface area contributed by atoms with Crippen molar-refractivity contribution in [2.45, 2.75) is 20.1 Å². The fourth-order valence-electron chi connectivity index (χ4n) is 1.73. The molecule has 0 bridgehead atoms. The Labute approximate surface area is 113 Å². The summed E-state index contributed by atoms with van der Waals surface area (Å²) in [6.45, 7) is 3.31. The predicted molar refractivity (Wildman–Crippen MR) is 75.1 cm³/mol. The van der Waals surface area contributed by atoms with Crippen LogP contribution in [0.3, 0.4) is 0 Å². The molecule has 2 rings (SSSR count). The molecule has 0 aliphatic carbocycles. The van der Waals surface area contributed by atoms with Gasteiger partial charge in [-0.3, -0.25) is 0 Å². The molecule has 2 N–H and O–H groups in total. The smallest absolute Gasteiger partial charge is 0.130 e. The Bertz CT molecular complexity index is 529. The van der Waals surface area contributed by atoms with Crippen LogP contribution < -0.4 is 10.1 Å². The SMILES string of the molecule is CCNc1cccc(COc2cccc(CO)c2)n1. The van der Waals surface area contributed by atoms with Gasteiger partial charge in [0.25, 0.3) is 0 Å². The van der Waals surface area contributed by atoms with Crippen LogP contribution in [-0.4, -0.2) is 16.6 Å². The summed E-state index contributed by atoms with van der Waals surface area (Å²) in [6.07, 6.45) is 0. The van der Waals surface area contributed by atoms with E-state index in [1.165, 1.54) is 0 Å². The Morgan fingerprint density at radius 2 is 2.05 bits per heavy atom. The number of nitrogens with zero attached hydrogens (tertiary/aromatic N) is 1. The maximum absolute atomic E-state index is 9.07. The summed E-state index contributed by atoms with van der Waals surface area (Å²) in [4.78, 5) is 4.43. The Balaban J connectivity index is 1.99. The number of aliphatic hydroxyl groups is 1. The molecule has 0 amide bonds. The fourth-order valence-corrected chi connectivity index (χ4v) is 1.73. The van der Waals surface area contributed by atoms with Crippen molar-refractivity contribution in [2.75, 3.05) is 11.9 Å². The van der Waals surface area contributed by atoms with Crippen LogP contribution in [0.15, 0.2) is 42.5 Å². The van der Waals surface area contributed by atoms with Crippen LogP contribution in [0.25, 0.3) is 0 Å². The average molecular weight is 258 g/mol. The van der Waals surface area contributed by atoms with E-state index in [1.54, 1.807) is 0 Å². The minimum atomic E-state index is 0.0192. The van der Waals surface area contributed by atoms with Gasteiger partial charge in [0, 0.05) is 6.54 Å². The molecule has 0 saturated carbocycles. The minimum Gasteiger partial charge on any atom is -0.487 e. The third-order valence-corrected chi connectivity index (χ3v) is 2.63. The number of ether oxygens (including phenoxy) is 1. The van der Waals surface area contributed by atoms with Gasteiger partial charge in [-0.15, -0.1) is 0 Å². The van der Waals surface area contributed by atoms with Gasteiger partial charge in [-0.05, 0) is 36.8 Å². The maximum atomic E-state index is 9.07. The van der Waals surface area contributed by atoms with Gasteiger partial charge in [-0.2, -0.15) is 0 Å². The molecule has 0 radical (unpaired) electrons. The van der Waals surface area contributed by atoms with E-state index in [1.807, 2.05) is 49.4 Å². The van der Waals surface area contributed by atoms with Gasteiger partial charge in [0.1, 0.15) is 18.2 Å². The molecule has 0 aliphatic rings.